The fourth-order valence-electron chi connectivity index (χ4n) is 1.29. The third-order valence-electron chi connectivity index (χ3n) is 2.05. The Bertz CT molecular complexity index is 618. The van der Waals surface area contributed by atoms with E-state index in [1.54, 1.807) is 10.7 Å². The summed E-state index contributed by atoms with van der Waals surface area (Å²) in [5.74, 6) is 1.27. The molecule has 3 aromatic heterocycles. The Kier molecular flexibility index (Phi) is 1.54. The third-order valence-corrected chi connectivity index (χ3v) is 2.98. The molecule has 15 heavy (non-hydrogen) atoms. The molecular weight excluding hydrogens is 214 g/mol. The zero-order chi connectivity index (χ0) is 10.4. The Hall–Kier alpha value is -1.96. The number of hydrogen-bond donors (Lipinski definition) is 2. The Morgan fingerprint density at radius 2 is 2.33 bits per heavy atom. The van der Waals surface area contributed by atoms with Crippen LogP contribution in [0.15, 0.2) is 6.20 Å². The molecule has 0 radical (unpaired) electrons. The van der Waals surface area contributed by atoms with Crippen LogP contribution in [0.25, 0.3) is 15.5 Å². The molecular formula is C7H7N7S. The van der Waals surface area contributed by atoms with Crippen LogP contribution in [0.1, 0.15) is 5.82 Å². The van der Waals surface area contributed by atoms with Gasteiger partial charge >= 0.3 is 0 Å². The van der Waals surface area contributed by atoms with E-state index < -0.39 is 0 Å². The summed E-state index contributed by atoms with van der Waals surface area (Å²) in [5.41, 5.74) is 6.50. The van der Waals surface area contributed by atoms with Crippen molar-refractivity contribution in [2.75, 3.05) is 5.73 Å². The minimum absolute atomic E-state index is 0.512. The van der Waals surface area contributed by atoms with Crippen LogP contribution in [-0.4, -0.2) is 30.0 Å². The summed E-state index contributed by atoms with van der Waals surface area (Å²) >= 11 is 1.43. The average molecular weight is 221 g/mol. The number of nitrogen functional groups attached to an aromatic ring is 1. The number of aromatic nitrogens is 6. The van der Waals surface area contributed by atoms with Crippen molar-refractivity contribution in [1.82, 2.24) is 30.0 Å². The molecule has 3 aromatic rings. The van der Waals surface area contributed by atoms with Crippen LogP contribution >= 0.6 is 11.3 Å². The molecule has 0 amide bonds. The number of nitrogens with two attached hydrogens (primary N) is 1. The number of anilines is 1. The smallest absolute Gasteiger partial charge is 0.234 e. The summed E-state index contributed by atoms with van der Waals surface area (Å²) < 4.78 is 1.69. The number of hydrogen-bond acceptors (Lipinski definition) is 6. The minimum Gasteiger partial charge on any atom is -0.383 e. The highest BCUT2D eigenvalue weighted by Gasteiger charge is 2.13. The molecule has 7 nitrogen and oxygen atoms in total. The van der Waals surface area contributed by atoms with Gasteiger partial charge in [-0.1, -0.05) is 11.3 Å². The van der Waals surface area contributed by atoms with E-state index in [1.165, 1.54) is 11.3 Å². The Labute approximate surface area is 87.9 Å². The summed E-state index contributed by atoms with van der Waals surface area (Å²) in [5, 5.41) is 19.5. The lowest BCUT2D eigenvalue weighted by molar-refractivity contribution is 0.898. The number of aromatic amines is 1. The first-order chi connectivity index (χ1) is 7.25. The SMILES string of the molecule is Cc1nnc2sc(-c3cn[nH]c3N)nn12. The van der Waals surface area contributed by atoms with Gasteiger partial charge in [-0.05, 0) is 6.92 Å². The molecule has 0 saturated heterocycles. The van der Waals surface area contributed by atoms with Crippen molar-refractivity contribution >= 4 is 22.1 Å². The molecule has 0 aliphatic carbocycles. The standard InChI is InChI=1S/C7H7N7S/c1-3-10-12-7-14(3)13-6(15-7)4-2-9-11-5(4)8/h2H,1H3,(H3,8,9,11). The summed E-state index contributed by atoms with van der Waals surface area (Å²) in [7, 11) is 0. The van der Waals surface area contributed by atoms with Crippen LogP contribution in [0.4, 0.5) is 5.82 Å². The number of H-pyrrole nitrogens is 1. The van der Waals surface area contributed by atoms with Crippen molar-refractivity contribution in [3.05, 3.63) is 12.0 Å². The van der Waals surface area contributed by atoms with Crippen molar-refractivity contribution in [3.63, 3.8) is 0 Å². The molecule has 8 heteroatoms. The molecule has 0 spiro atoms. The quantitative estimate of drug-likeness (QED) is 0.622. The normalized spacial score (nSPS) is 11.3. The fraction of sp³-hybridized carbons (Fsp3) is 0.143. The van der Waals surface area contributed by atoms with Crippen LogP contribution in [0.5, 0.6) is 0 Å². The van der Waals surface area contributed by atoms with Gasteiger partial charge in [0.1, 0.15) is 5.82 Å². The predicted molar refractivity (Wildman–Crippen MR) is 55.4 cm³/mol. The highest BCUT2D eigenvalue weighted by Crippen LogP contribution is 2.27. The van der Waals surface area contributed by atoms with Crippen molar-refractivity contribution in [3.8, 4) is 10.6 Å². The number of aryl methyl sites for hydroxylation is 1. The Balaban J connectivity index is 2.24. The maximum absolute atomic E-state index is 5.70. The molecule has 0 unspecified atom stereocenters. The van der Waals surface area contributed by atoms with Crippen LogP contribution in [-0.2, 0) is 0 Å². The van der Waals surface area contributed by atoms with Crippen LogP contribution in [0, 0.1) is 6.92 Å². The topological polar surface area (TPSA) is 97.8 Å². The second kappa shape index (κ2) is 2.76. The molecule has 3 rings (SSSR count). The predicted octanol–water partition coefficient (Wildman–Crippen LogP) is 0.467. The number of rotatable bonds is 1. The maximum Gasteiger partial charge on any atom is 0.234 e. The fourth-order valence-corrected chi connectivity index (χ4v) is 2.20. The van der Waals surface area contributed by atoms with E-state index in [0.29, 0.717) is 5.82 Å². The van der Waals surface area contributed by atoms with Gasteiger partial charge in [0, 0.05) is 0 Å². The van der Waals surface area contributed by atoms with Gasteiger partial charge in [0.15, 0.2) is 10.8 Å². The van der Waals surface area contributed by atoms with Crippen LogP contribution in [0.3, 0.4) is 0 Å². The lowest BCUT2D eigenvalue weighted by Crippen LogP contribution is -1.90. The molecule has 0 bridgehead atoms. The molecule has 0 aliphatic rings. The molecule has 0 fully saturated rings. The molecule has 76 valence electrons. The van der Waals surface area contributed by atoms with Crippen molar-refractivity contribution in [1.29, 1.82) is 0 Å². The Morgan fingerprint density at radius 1 is 1.47 bits per heavy atom. The first kappa shape index (κ1) is 8.36. The zero-order valence-corrected chi connectivity index (χ0v) is 8.62. The second-order valence-corrected chi connectivity index (χ2v) is 4.00. The van der Waals surface area contributed by atoms with E-state index in [-0.39, 0.29) is 0 Å². The van der Waals surface area contributed by atoms with Gasteiger partial charge in [0.2, 0.25) is 4.96 Å². The molecule has 0 aliphatic heterocycles. The van der Waals surface area contributed by atoms with E-state index in [0.717, 1.165) is 21.4 Å². The van der Waals surface area contributed by atoms with Gasteiger partial charge in [-0.25, -0.2) is 0 Å². The minimum atomic E-state index is 0.512. The molecule has 0 aromatic carbocycles. The van der Waals surface area contributed by atoms with Crippen molar-refractivity contribution in [2.45, 2.75) is 6.92 Å². The summed E-state index contributed by atoms with van der Waals surface area (Å²) in [6, 6.07) is 0. The molecule has 3 N–H and O–H groups in total. The first-order valence-corrected chi connectivity index (χ1v) is 5.05. The van der Waals surface area contributed by atoms with E-state index in [2.05, 4.69) is 25.5 Å². The monoisotopic (exact) mass is 221 g/mol. The van der Waals surface area contributed by atoms with Crippen molar-refractivity contribution < 1.29 is 0 Å². The number of fused-ring (bicyclic) bond motifs is 1. The van der Waals surface area contributed by atoms with Gasteiger partial charge in [0.05, 0.1) is 11.8 Å². The molecule has 0 atom stereocenters. The Morgan fingerprint density at radius 3 is 3.00 bits per heavy atom. The largest absolute Gasteiger partial charge is 0.383 e. The van der Waals surface area contributed by atoms with E-state index in [4.69, 9.17) is 5.73 Å². The van der Waals surface area contributed by atoms with Gasteiger partial charge in [-0.2, -0.15) is 14.7 Å². The van der Waals surface area contributed by atoms with E-state index in [9.17, 15) is 0 Å². The highest BCUT2D eigenvalue weighted by atomic mass is 32.1. The summed E-state index contributed by atoms with van der Waals surface area (Å²) in [4.78, 5) is 0.753. The number of nitrogens with one attached hydrogen (secondary N) is 1. The van der Waals surface area contributed by atoms with Gasteiger partial charge in [-0.3, -0.25) is 5.10 Å². The molecule has 3 heterocycles. The van der Waals surface area contributed by atoms with E-state index >= 15 is 0 Å². The van der Waals surface area contributed by atoms with Gasteiger partial charge < -0.3 is 5.73 Å². The zero-order valence-electron chi connectivity index (χ0n) is 7.80. The van der Waals surface area contributed by atoms with Crippen LogP contribution < -0.4 is 5.73 Å². The van der Waals surface area contributed by atoms with Crippen LogP contribution in [0.2, 0.25) is 0 Å². The maximum atomic E-state index is 5.70. The van der Waals surface area contributed by atoms with E-state index in [1.807, 2.05) is 6.92 Å². The van der Waals surface area contributed by atoms with Gasteiger partial charge in [-0.15, -0.1) is 10.2 Å². The highest BCUT2D eigenvalue weighted by molar-refractivity contribution is 7.19. The summed E-state index contributed by atoms with van der Waals surface area (Å²) in [6.07, 6.45) is 1.65. The lowest BCUT2D eigenvalue weighted by Gasteiger charge is -1.89. The summed E-state index contributed by atoms with van der Waals surface area (Å²) in [6.45, 7) is 1.85. The third kappa shape index (κ3) is 1.11. The molecule has 0 saturated carbocycles. The average Bonchev–Trinajstić information content (AvgIpc) is 2.84. The second-order valence-electron chi connectivity index (χ2n) is 3.05. The van der Waals surface area contributed by atoms with Gasteiger partial charge in [0.25, 0.3) is 0 Å². The lowest BCUT2D eigenvalue weighted by atomic mass is 10.3. The van der Waals surface area contributed by atoms with Crippen molar-refractivity contribution in [2.24, 2.45) is 0 Å². The first-order valence-electron chi connectivity index (χ1n) is 4.24. The number of nitrogens with zero attached hydrogens (tertiary/aromatic N) is 5.